The number of nitrogens with one attached hydrogen (secondary N) is 1. The third kappa shape index (κ3) is 3.71. The second kappa shape index (κ2) is 6.11. The van der Waals surface area contributed by atoms with E-state index in [0.717, 1.165) is 6.07 Å². The number of ketones is 1. The van der Waals surface area contributed by atoms with Crippen LogP contribution in [0.3, 0.4) is 0 Å². The highest BCUT2D eigenvalue weighted by Gasteiger charge is 2.18. The number of carbonyl (C=O) groups is 1. The van der Waals surface area contributed by atoms with Gasteiger partial charge in [-0.05, 0) is 18.2 Å². The van der Waals surface area contributed by atoms with Crippen molar-refractivity contribution in [2.24, 2.45) is 0 Å². The summed E-state index contributed by atoms with van der Waals surface area (Å²) in [7, 11) is -4.08. The first-order valence-electron chi connectivity index (χ1n) is 5.93. The molecule has 1 N–H and O–H groups in total. The Morgan fingerprint density at radius 2 is 1.67 bits per heavy atom. The fourth-order valence-electron chi connectivity index (χ4n) is 1.61. The average Bonchev–Trinajstić information content (AvgIpc) is 2.48. The van der Waals surface area contributed by atoms with Crippen LogP contribution in [0.25, 0.3) is 0 Å². The summed E-state index contributed by atoms with van der Waals surface area (Å²) in [5, 5.41) is 0. The average molecular weight is 311 g/mol. The minimum absolute atomic E-state index is 0.352. The molecular weight excluding hydrogens is 300 g/mol. The number of hydrogen-bond acceptors (Lipinski definition) is 3. The van der Waals surface area contributed by atoms with Crippen LogP contribution in [0, 0.1) is 11.6 Å². The van der Waals surface area contributed by atoms with Gasteiger partial charge in [0.1, 0.15) is 0 Å². The van der Waals surface area contributed by atoms with E-state index >= 15 is 0 Å². The highest BCUT2D eigenvalue weighted by atomic mass is 32.2. The van der Waals surface area contributed by atoms with Gasteiger partial charge in [0.2, 0.25) is 10.0 Å². The fraction of sp³-hybridized carbons (Fsp3) is 0.0714. The van der Waals surface area contributed by atoms with Crippen molar-refractivity contribution in [3.8, 4) is 0 Å². The van der Waals surface area contributed by atoms with Gasteiger partial charge in [-0.15, -0.1) is 0 Å². The molecule has 0 aliphatic rings. The van der Waals surface area contributed by atoms with Gasteiger partial charge >= 0.3 is 0 Å². The summed E-state index contributed by atoms with van der Waals surface area (Å²) in [5.41, 5.74) is 0.352. The second-order valence-electron chi connectivity index (χ2n) is 4.19. The van der Waals surface area contributed by atoms with E-state index < -0.39 is 38.9 Å². The zero-order chi connectivity index (χ0) is 15.5. The van der Waals surface area contributed by atoms with Gasteiger partial charge in [0.15, 0.2) is 17.4 Å². The Morgan fingerprint density at radius 1 is 1.00 bits per heavy atom. The molecule has 0 saturated carbocycles. The van der Waals surface area contributed by atoms with Crippen LogP contribution < -0.4 is 4.72 Å². The molecular formula is C14H11F2NO3S. The molecule has 0 amide bonds. The van der Waals surface area contributed by atoms with Crippen molar-refractivity contribution in [1.29, 1.82) is 0 Å². The lowest BCUT2D eigenvalue weighted by Crippen LogP contribution is -2.29. The number of rotatable bonds is 5. The topological polar surface area (TPSA) is 63.2 Å². The van der Waals surface area contributed by atoms with Gasteiger partial charge in [-0.3, -0.25) is 4.79 Å². The van der Waals surface area contributed by atoms with Gasteiger partial charge in [-0.25, -0.2) is 21.9 Å². The van der Waals surface area contributed by atoms with E-state index in [2.05, 4.69) is 4.72 Å². The second-order valence-corrected chi connectivity index (χ2v) is 5.96. The maximum Gasteiger partial charge on any atom is 0.241 e. The summed E-state index contributed by atoms with van der Waals surface area (Å²) in [6.45, 7) is -0.467. The molecule has 0 atom stereocenters. The lowest BCUT2D eigenvalue weighted by atomic mass is 10.1. The Bertz CT molecular complexity index is 761. The molecule has 4 nitrogen and oxygen atoms in total. The first-order valence-corrected chi connectivity index (χ1v) is 7.41. The monoisotopic (exact) mass is 311 g/mol. The molecule has 2 aromatic carbocycles. The number of hydrogen-bond donors (Lipinski definition) is 1. The Kier molecular flexibility index (Phi) is 4.44. The van der Waals surface area contributed by atoms with Gasteiger partial charge in [0.05, 0.1) is 11.4 Å². The summed E-state index contributed by atoms with van der Waals surface area (Å²) in [6, 6.07) is 10.3. The molecule has 0 saturated heterocycles. The number of halogens is 2. The minimum atomic E-state index is -4.08. The van der Waals surface area contributed by atoms with Crippen LogP contribution >= 0.6 is 0 Å². The molecule has 0 bridgehead atoms. The van der Waals surface area contributed by atoms with Crippen molar-refractivity contribution in [2.75, 3.05) is 6.54 Å². The van der Waals surface area contributed by atoms with Crippen LogP contribution in [-0.4, -0.2) is 20.7 Å². The highest BCUT2D eigenvalue weighted by Crippen LogP contribution is 2.13. The summed E-state index contributed by atoms with van der Waals surface area (Å²) in [5.74, 6) is -2.84. The summed E-state index contributed by atoms with van der Waals surface area (Å²) >= 11 is 0. The van der Waals surface area contributed by atoms with E-state index in [1.54, 1.807) is 30.3 Å². The quantitative estimate of drug-likeness (QED) is 0.860. The third-order valence-corrected chi connectivity index (χ3v) is 4.12. The maximum atomic E-state index is 13.0. The molecule has 110 valence electrons. The van der Waals surface area contributed by atoms with E-state index in [1.807, 2.05) is 0 Å². The molecule has 21 heavy (non-hydrogen) atoms. The molecule has 0 radical (unpaired) electrons. The molecule has 0 heterocycles. The van der Waals surface area contributed by atoms with Crippen molar-refractivity contribution in [3.63, 3.8) is 0 Å². The molecule has 0 aromatic heterocycles. The van der Waals surface area contributed by atoms with Crippen molar-refractivity contribution in [2.45, 2.75) is 4.90 Å². The molecule has 2 aromatic rings. The largest absolute Gasteiger partial charge is 0.293 e. The van der Waals surface area contributed by atoms with Gasteiger partial charge in [-0.1, -0.05) is 30.3 Å². The van der Waals surface area contributed by atoms with Crippen molar-refractivity contribution >= 4 is 15.8 Å². The summed E-state index contributed by atoms with van der Waals surface area (Å²) < 4.78 is 51.6. The van der Waals surface area contributed by atoms with Crippen molar-refractivity contribution < 1.29 is 22.0 Å². The summed E-state index contributed by atoms with van der Waals surface area (Å²) in [6.07, 6.45) is 0. The number of sulfonamides is 1. The van der Waals surface area contributed by atoms with Gasteiger partial charge in [-0.2, -0.15) is 0 Å². The fourth-order valence-corrected chi connectivity index (χ4v) is 2.61. The Hall–Kier alpha value is -2.12. The number of benzene rings is 2. The number of Topliss-reactive ketones (excluding diaryl/α,β-unsaturated/α-hetero) is 1. The predicted octanol–water partition coefficient (Wildman–Crippen LogP) is 2.13. The van der Waals surface area contributed by atoms with Crippen molar-refractivity contribution in [3.05, 3.63) is 65.7 Å². The zero-order valence-electron chi connectivity index (χ0n) is 10.7. The zero-order valence-corrected chi connectivity index (χ0v) is 11.5. The maximum absolute atomic E-state index is 13.0. The normalized spacial score (nSPS) is 11.3. The Balaban J connectivity index is 2.11. The molecule has 2 rings (SSSR count). The van der Waals surface area contributed by atoms with E-state index in [-0.39, 0.29) is 0 Å². The van der Waals surface area contributed by atoms with Crippen LogP contribution in [-0.2, 0) is 10.0 Å². The van der Waals surface area contributed by atoms with Crippen LogP contribution in [0.15, 0.2) is 53.4 Å². The molecule has 0 unspecified atom stereocenters. The third-order valence-electron chi connectivity index (χ3n) is 2.72. The first kappa shape index (κ1) is 15.3. The minimum Gasteiger partial charge on any atom is -0.293 e. The smallest absolute Gasteiger partial charge is 0.241 e. The van der Waals surface area contributed by atoms with Crippen LogP contribution in [0.4, 0.5) is 8.78 Å². The van der Waals surface area contributed by atoms with E-state index in [0.29, 0.717) is 17.7 Å². The highest BCUT2D eigenvalue weighted by molar-refractivity contribution is 7.89. The Labute approximate surface area is 120 Å². The summed E-state index contributed by atoms with van der Waals surface area (Å²) in [4.78, 5) is 11.3. The van der Waals surface area contributed by atoms with E-state index in [9.17, 15) is 22.0 Å². The van der Waals surface area contributed by atoms with E-state index in [4.69, 9.17) is 0 Å². The first-order chi connectivity index (χ1) is 9.90. The van der Waals surface area contributed by atoms with Crippen molar-refractivity contribution in [1.82, 2.24) is 4.72 Å². The Morgan fingerprint density at radius 3 is 2.29 bits per heavy atom. The number of carbonyl (C=O) groups excluding carboxylic acids is 1. The van der Waals surface area contributed by atoms with Gasteiger partial charge in [0.25, 0.3) is 0 Å². The molecule has 0 fully saturated rings. The van der Waals surface area contributed by atoms with Crippen LogP contribution in [0.1, 0.15) is 10.4 Å². The predicted molar refractivity (Wildman–Crippen MR) is 72.3 cm³/mol. The van der Waals surface area contributed by atoms with Gasteiger partial charge < -0.3 is 0 Å². The molecule has 0 aliphatic heterocycles. The SMILES string of the molecule is O=C(CNS(=O)(=O)c1ccc(F)c(F)c1)c1ccccc1. The lowest BCUT2D eigenvalue weighted by molar-refractivity contribution is 0.0997. The molecule has 7 heteroatoms. The van der Waals surface area contributed by atoms with E-state index in [1.165, 1.54) is 0 Å². The standard InChI is InChI=1S/C14H11F2NO3S/c15-12-7-6-11(8-13(12)16)21(19,20)17-9-14(18)10-4-2-1-3-5-10/h1-8,17H,9H2. The molecule has 0 spiro atoms. The molecule has 0 aliphatic carbocycles. The van der Waals surface area contributed by atoms with Crippen LogP contribution in [0.2, 0.25) is 0 Å². The van der Waals surface area contributed by atoms with Gasteiger partial charge in [0, 0.05) is 5.56 Å². The van der Waals surface area contributed by atoms with Crippen LogP contribution in [0.5, 0.6) is 0 Å². The lowest BCUT2D eigenvalue weighted by Gasteiger charge is -2.06.